The Balaban J connectivity index is 1.58. The first-order valence-corrected chi connectivity index (χ1v) is 6.94. The molecule has 3 unspecified atom stereocenters. The molecule has 2 saturated heterocycles. The number of morpholine rings is 1. The maximum atomic E-state index is 5.68. The van der Waals surface area contributed by atoms with Crippen LogP contribution in [-0.2, 0) is 9.47 Å². The number of rotatable bonds is 5. The molecule has 0 bridgehead atoms. The van der Waals surface area contributed by atoms with Crippen LogP contribution < -0.4 is 5.32 Å². The molecule has 2 fully saturated rings. The van der Waals surface area contributed by atoms with Crippen molar-refractivity contribution in [3.63, 3.8) is 0 Å². The Labute approximate surface area is 105 Å². The summed E-state index contributed by atoms with van der Waals surface area (Å²) in [6.45, 7) is 10.5. The molecule has 0 spiro atoms. The smallest absolute Gasteiger partial charge is 0.0726 e. The zero-order chi connectivity index (χ0) is 12.1. The van der Waals surface area contributed by atoms with Crippen molar-refractivity contribution in [2.24, 2.45) is 0 Å². The monoisotopic (exact) mass is 242 g/mol. The van der Waals surface area contributed by atoms with E-state index in [2.05, 4.69) is 24.1 Å². The lowest BCUT2D eigenvalue weighted by Gasteiger charge is -2.31. The molecule has 1 N–H and O–H groups in total. The molecule has 0 aromatic heterocycles. The highest BCUT2D eigenvalue weighted by Crippen LogP contribution is 2.15. The van der Waals surface area contributed by atoms with Gasteiger partial charge in [0, 0.05) is 38.8 Å². The van der Waals surface area contributed by atoms with Gasteiger partial charge in [-0.15, -0.1) is 0 Å². The topological polar surface area (TPSA) is 33.7 Å². The van der Waals surface area contributed by atoms with E-state index in [4.69, 9.17) is 9.47 Å². The zero-order valence-electron chi connectivity index (χ0n) is 11.2. The van der Waals surface area contributed by atoms with E-state index in [1.54, 1.807) is 0 Å². The first-order chi connectivity index (χ1) is 8.25. The fourth-order valence-corrected chi connectivity index (χ4v) is 2.67. The molecular weight excluding hydrogens is 216 g/mol. The van der Waals surface area contributed by atoms with Crippen LogP contribution in [0.4, 0.5) is 0 Å². The Morgan fingerprint density at radius 1 is 1.35 bits per heavy atom. The van der Waals surface area contributed by atoms with Gasteiger partial charge in [0.2, 0.25) is 0 Å². The predicted octanol–water partition coefficient (Wildman–Crippen LogP) is 0.864. The molecule has 0 amide bonds. The summed E-state index contributed by atoms with van der Waals surface area (Å²) in [7, 11) is 0. The number of hydrogen-bond acceptors (Lipinski definition) is 4. The van der Waals surface area contributed by atoms with Gasteiger partial charge in [0.15, 0.2) is 0 Å². The van der Waals surface area contributed by atoms with Crippen LogP contribution in [0.25, 0.3) is 0 Å². The summed E-state index contributed by atoms with van der Waals surface area (Å²) in [4.78, 5) is 2.48. The van der Waals surface area contributed by atoms with E-state index in [1.807, 2.05) is 0 Å². The molecular formula is C13H26N2O2. The van der Waals surface area contributed by atoms with Crippen LogP contribution >= 0.6 is 0 Å². The van der Waals surface area contributed by atoms with Crippen LogP contribution in [0.2, 0.25) is 0 Å². The van der Waals surface area contributed by atoms with Gasteiger partial charge in [-0.05, 0) is 26.7 Å². The highest BCUT2D eigenvalue weighted by molar-refractivity contribution is 4.77. The van der Waals surface area contributed by atoms with E-state index in [0.29, 0.717) is 18.2 Å². The minimum Gasteiger partial charge on any atom is -0.377 e. The average Bonchev–Trinajstić information content (AvgIpc) is 2.82. The van der Waals surface area contributed by atoms with Crippen molar-refractivity contribution >= 4 is 0 Å². The van der Waals surface area contributed by atoms with Crippen molar-refractivity contribution in [1.29, 1.82) is 0 Å². The maximum absolute atomic E-state index is 5.68. The van der Waals surface area contributed by atoms with Gasteiger partial charge in [-0.3, -0.25) is 4.90 Å². The lowest BCUT2D eigenvalue weighted by Crippen LogP contribution is -2.46. The SMILES string of the molecule is CC1CN(CCNC(C)C2CCCO2)CCO1. The molecule has 0 aromatic carbocycles. The van der Waals surface area contributed by atoms with Crippen molar-refractivity contribution in [3.05, 3.63) is 0 Å². The lowest BCUT2D eigenvalue weighted by atomic mass is 10.1. The molecule has 2 heterocycles. The van der Waals surface area contributed by atoms with Gasteiger partial charge in [-0.25, -0.2) is 0 Å². The lowest BCUT2D eigenvalue weighted by molar-refractivity contribution is -0.0182. The Morgan fingerprint density at radius 2 is 2.24 bits per heavy atom. The molecule has 0 aliphatic carbocycles. The van der Waals surface area contributed by atoms with Gasteiger partial charge in [-0.1, -0.05) is 0 Å². The summed E-state index contributed by atoms with van der Waals surface area (Å²) in [5, 5.41) is 3.58. The largest absolute Gasteiger partial charge is 0.377 e. The van der Waals surface area contributed by atoms with Crippen LogP contribution in [0.15, 0.2) is 0 Å². The Morgan fingerprint density at radius 3 is 2.94 bits per heavy atom. The first kappa shape index (κ1) is 13.3. The van der Waals surface area contributed by atoms with Gasteiger partial charge in [0.25, 0.3) is 0 Å². The molecule has 2 aliphatic heterocycles. The van der Waals surface area contributed by atoms with E-state index >= 15 is 0 Å². The zero-order valence-corrected chi connectivity index (χ0v) is 11.2. The van der Waals surface area contributed by atoms with Crippen LogP contribution in [0.3, 0.4) is 0 Å². The molecule has 0 radical (unpaired) electrons. The summed E-state index contributed by atoms with van der Waals surface area (Å²) in [6, 6.07) is 0.482. The average molecular weight is 242 g/mol. The standard InChI is InChI=1S/C13H26N2O2/c1-11-10-15(7-9-16-11)6-5-14-12(2)13-4-3-8-17-13/h11-14H,3-10H2,1-2H3. The van der Waals surface area contributed by atoms with Crippen molar-refractivity contribution in [1.82, 2.24) is 10.2 Å². The molecule has 17 heavy (non-hydrogen) atoms. The van der Waals surface area contributed by atoms with Crippen LogP contribution in [-0.4, -0.2) is 62.5 Å². The summed E-state index contributed by atoms with van der Waals surface area (Å²) in [6.07, 6.45) is 3.25. The summed E-state index contributed by atoms with van der Waals surface area (Å²) < 4.78 is 11.2. The van der Waals surface area contributed by atoms with Crippen molar-refractivity contribution in [2.45, 2.75) is 44.9 Å². The molecule has 2 rings (SSSR count). The quantitative estimate of drug-likeness (QED) is 0.775. The number of nitrogens with one attached hydrogen (secondary N) is 1. The summed E-state index contributed by atoms with van der Waals surface area (Å²) in [5.41, 5.74) is 0. The molecule has 2 aliphatic rings. The third kappa shape index (κ3) is 4.21. The predicted molar refractivity (Wildman–Crippen MR) is 68.3 cm³/mol. The minimum atomic E-state index is 0.388. The minimum absolute atomic E-state index is 0.388. The van der Waals surface area contributed by atoms with E-state index in [1.165, 1.54) is 12.8 Å². The van der Waals surface area contributed by atoms with Gasteiger partial charge < -0.3 is 14.8 Å². The molecule has 4 nitrogen and oxygen atoms in total. The third-order valence-electron chi connectivity index (χ3n) is 3.74. The van der Waals surface area contributed by atoms with Crippen LogP contribution in [0.1, 0.15) is 26.7 Å². The van der Waals surface area contributed by atoms with E-state index in [9.17, 15) is 0 Å². The Kier molecular flexibility index (Phi) is 5.22. The van der Waals surface area contributed by atoms with Crippen LogP contribution in [0, 0.1) is 0 Å². The fraction of sp³-hybridized carbons (Fsp3) is 1.00. The van der Waals surface area contributed by atoms with Crippen LogP contribution in [0.5, 0.6) is 0 Å². The molecule has 4 heteroatoms. The fourth-order valence-electron chi connectivity index (χ4n) is 2.67. The normalized spacial score (nSPS) is 32.8. The van der Waals surface area contributed by atoms with E-state index in [0.717, 1.165) is 39.4 Å². The third-order valence-corrected chi connectivity index (χ3v) is 3.74. The molecule has 100 valence electrons. The van der Waals surface area contributed by atoms with Crippen molar-refractivity contribution in [2.75, 3.05) is 39.4 Å². The first-order valence-electron chi connectivity index (χ1n) is 6.94. The van der Waals surface area contributed by atoms with E-state index in [-0.39, 0.29) is 0 Å². The van der Waals surface area contributed by atoms with Crippen molar-refractivity contribution in [3.8, 4) is 0 Å². The Hall–Kier alpha value is -0.160. The maximum Gasteiger partial charge on any atom is 0.0726 e. The molecule has 3 atom stereocenters. The van der Waals surface area contributed by atoms with Gasteiger partial charge in [0.05, 0.1) is 18.8 Å². The second-order valence-electron chi connectivity index (χ2n) is 5.28. The van der Waals surface area contributed by atoms with Gasteiger partial charge in [-0.2, -0.15) is 0 Å². The second kappa shape index (κ2) is 6.69. The van der Waals surface area contributed by atoms with Gasteiger partial charge in [0.1, 0.15) is 0 Å². The van der Waals surface area contributed by atoms with Crippen molar-refractivity contribution < 1.29 is 9.47 Å². The number of ether oxygens (including phenoxy) is 2. The van der Waals surface area contributed by atoms with Gasteiger partial charge >= 0.3 is 0 Å². The highest BCUT2D eigenvalue weighted by atomic mass is 16.5. The summed E-state index contributed by atoms with van der Waals surface area (Å²) >= 11 is 0. The summed E-state index contributed by atoms with van der Waals surface area (Å²) in [5.74, 6) is 0. The molecule has 0 saturated carbocycles. The number of nitrogens with zero attached hydrogens (tertiary/aromatic N) is 1. The highest BCUT2D eigenvalue weighted by Gasteiger charge is 2.22. The number of hydrogen-bond donors (Lipinski definition) is 1. The Bertz CT molecular complexity index is 217. The molecule has 0 aromatic rings. The van der Waals surface area contributed by atoms with E-state index < -0.39 is 0 Å². The second-order valence-corrected chi connectivity index (χ2v) is 5.28.